The first kappa shape index (κ1) is 11.2. The van der Waals surface area contributed by atoms with Gasteiger partial charge in [-0.25, -0.2) is 0 Å². The highest BCUT2D eigenvalue weighted by molar-refractivity contribution is 9.10. The Labute approximate surface area is 109 Å². The first-order valence-corrected chi connectivity index (χ1v) is 7.87. The van der Waals surface area contributed by atoms with E-state index in [0.29, 0.717) is 0 Å². The maximum atomic E-state index is 10.8. The Kier molecular flexibility index (Phi) is 2.89. The number of thiophene rings is 1. The molecule has 0 bridgehead atoms. The van der Waals surface area contributed by atoms with Crippen molar-refractivity contribution in [2.75, 3.05) is 0 Å². The van der Waals surface area contributed by atoms with Crippen LogP contribution in [0, 0.1) is 11.8 Å². The van der Waals surface area contributed by atoms with Crippen LogP contribution in [-0.2, 0) is 5.60 Å². The number of rotatable bonds is 2. The molecule has 1 nitrogen and oxygen atoms in total. The van der Waals surface area contributed by atoms with E-state index in [4.69, 9.17) is 0 Å². The molecule has 2 aliphatic rings. The molecule has 2 aliphatic carbocycles. The lowest BCUT2D eigenvalue weighted by Gasteiger charge is -2.37. The standard InChI is InChI=1S/C13H17BrOS/c14-12-8-16-7-11(12)13(15)5-1-2-10(6-13)9-3-4-9/h7-10,15H,1-6H2. The molecule has 2 unspecified atom stereocenters. The zero-order valence-electron chi connectivity index (χ0n) is 9.29. The number of aliphatic hydroxyl groups is 1. The van der Waals surface area contributed by atoms with E-state index in [-0.39, 0.29) is 0 Å². The predicted molar refractivity (Wildman–Crippen MR) is 70.6 cm³/mol. The summed E-state index contributed by atoms with van der Waals surface area (Å²) < 4.78 is 1.09. The minimum absolute atomic E-state index is 0.551. The van der Waals surface area contributed by atoms with Crippen LogP contribution in [0.1, 0.15) is 44.1 Å². The quantitative estimate of drug-likeness (QED) is 0.863. The van der Waals surface area contributed by atoms with Gasteiger partial charge in [0.15, 0.2) is 0 Å². The summed E-state index contributed by atoms with van der Waals surface area (Å²) in [6.07, 6.45) is 7.21. The van der Waals surface area contributed by atoms with Crippen LogP contribution in [0.15, 0.2) is 15.2 Å². The van der Waals surface area contributed by atoms with Gasteiger partial charge in [-0.1, -0.05) is 0 Å². The van der Waals surface area contributed by atoms with Gasteiger partial charge in [0.05, 0.1) is 5.60 Å². The lowest BCUT2D eigenvalue weighted by atomic mass is 9.73. The van der Waals surface area contributed by atoms with E-state index in [1.54, 1.807) is 11.3 Å². The van der Waals surface area contributed by atoms with Crippen molar-refractivity contribution in [1.82, 2.24) is 0 Å². The molecule has 2 saturated carbocycles. The highest BCUT2D eigenvalue weighted by Crippen LogP contribution is 2.50. The van der Waals surface area contributed by atoms with Gasteiger partial charge < -0.3 is 5.11 Å². The molecule has 2 atom stereocenters. The first-order valence-electron chi connectivity index (χ1n) is 6.13. The van der Waals surface area contributed by atoms with Crippen molar-refractivity contribution in [2.24, 2.45) is 11.8 Å². The van der Waals surface area contributed by atoms with Crippen molar-refractivity contribution in [2.45, 2.75) is 44.1 Å². The van der Waals surface area contributed by atoms with Crippen molar-refractivity contribution in [3.8, 4) is 0 Å². The molecule has 3 rings (SSSR count). The molecule has 0 aromatic carbocycles. The molecule has 0 saturated heterocycles. The summed E-state index contributed by atoms with van der Waals surface area (Å²) in [5.74, 6) is 1.69. The molecule has 1 heterocycles. The van der Waals surface area contributed by atoms with Crippen LogP contribution >= 0.6 is 27.3 Å². The van der Waals surface area contributed by atoms with Crippen molar-refractivity contribution >= 4 is 27.3 Å². The van der Waals surface area contributed by atoms with Crippen LogP contribution in [-0.4, -0.2) is 5.11 Å². The lowest BCUT2D eigenvalue weighted by molar-refractivity contribution is -0.0253. The summed E-state index contributed by atoms with van der Waals surface area (Å²) in [6, 6.07) is 0. The Bertz CT molecular complexity index is 385. The second-order valence-electron chi connectivity index (χ2n) is 5.36. The molecule has 0 aliphatic heterocycles. The van der Waals surface area contributed by atoms with Crippen molar-refractivity contribution in [3.05, 3.63) is 20.8 Å². The first-order chi connectivity index (χ1) is 7.69. The Hall–Kier alpha value is 0.140. The van der Waals surface area contributed by atoms with E-state index in [0.717, 1.165) is 34.7 Å². The van der Waals surface area contributed by atoms with Crippen LogP contribution in [0.3, 0.4) is 0 Å². The molecule has 0 spiro atoms. The Morgan fingerprint density at radius 3 is 2.69 bits per heavy atom. The van der Waals surface area contributed by atoms with Gasteiger partial charge in [0.25, 0.3) is 0 Å². The Morgan fingerprint density at radius 1 is 1.25 bits per heavy atom. The molecule has 1 N–H and O–H groups in total. The zero-order valence-corrected chi connectivity index (χ0v) is 11.7. The summed E-state index contributed by atoms with van der Waals surface area (Å²) in [7, 11) is 0. The van der Waals surface area contributed by atoms with Gasteiger partial charge in [-0.15, -0.1) is 0 Å². The highest BCUT2D eigenvalue weighted by atomic mass is 79.9. The third-order valence-electron chi connectivity index (χ3n) is 4.17. The van der Waals surface area contributed by atoms with Crippen LogP contribution < -0.4 is 0 Å². The van der Waals surface area contributed by atoms with Crippen LogP contribution in [0.25, 0.3) is 0 Å². The predicted octanol–water partition coefficient (Wildman–Crippen LogP) is 4.30. The average molecular weight is 301 g/mol. The molecule has 1 aromatic rings. The maximum absolute atomic E-state index is 10.8. The number of halogens is 1. The molecular weight excluding hydrogens is 284 g/mol. The van der Waals surface area contributed by atoms with Crippen molar-refractivity contribution < 1.29 is 5.11 Å². The fourth-order valence-corrected chi connectivity index (χ4v) is 4.88. The van der Waals surface area contributed by atoms with Gasteiger partial charge in [0.2, 0.25) is 0 Å². The third kappa shape index (κ3) is 1.98. The monoisotopic (exact) mass is 300 g/mol. The average Bonchev–Trinajstić information content (AvgIpc) is 3.01. The zero-order chi connectivity index (χ0) is 11.2. The fourth-order valence-electron chi connectivity index (χ4n) is 3.12. The summed E-state index contributed by atoms with van der Waals surface area (Å²) in [5, 5.41) is 15.0. The molecule has 0 amide bonds. The van der Waals surface area contributed by atoms with Gasteiger partial charge in [0.1, 0.15) is 0 Å². The Balaban J connectivity index is 1.83. The summed E-state index contributed by atoms with van der Waals surface area (Å²) >= 11 is 5.24. The van der Waals surface area contributed by atoms with Crippen LogP contribution in [0.4, 0.5) is 0 Å². The van der Waals surface area contributed by atoms with Crippen LogP contribution in [0.5, 0.6) is 0 Å². The SMILES string of the molecule is OC1(c2cscc2Br)CCCC(C2CC2)C1. The Morgan fingerprint density at radius 2 is 2.06 bits per heavy atom. The van der Waals surface area contributed by atoms with Crippen LogP contribution in [0.2, 0.25) is 0 Å². The van der Waals surface area contributed by atoms with Gasteiger partial charge in [-0.05, 0) is 71.7 Å². The lowest BCUT2D eigenvalue weighted by Crippen LogP contribution is -2.33. The van der Waals surface area contributed by atoms with E-state index in [1.807, 2.05) is 0 Å². The topological polar surface area (TPSA) is 20.2 Å². The smallest absolute Gasteiger partial charge is 0.0918 e. The summed E-state index contributed by atoms with van der Waals surface area (Å²) in [6.45, 7) is 0. The minimum Gasteiger partial charge on any atom is -0.385 e. The molecular formula is C13H17BrOS. The highest BCUT2D eigenvalue weighted by Gasteiger charge is 2.42. The third-order valence-corrected chi connectivity index (χ3v) is 5.87. The second kappa shape index (κ2) is 4.11. The second-order valence-corrected chi connectivity index (χ2v) is 6.96. The number of hydrogen-bond acceptors (Lipinski definition) is 2. The minimum atomic E-state index is -0.551. The van der Waals surface area contributed by atoms with E-state index in [9.17, 15) is 5.11 Å². The van der Waals surface area contributed by atoms with E-state index < -0.39 is 5.60 Å². The summed E-state index contributed by atoms with van der Waals surface area (Å²) in [5.41, 5.74) is 0.576. The van der Waals surface area contributed by atoms with Gasteiger partial charge in [-0.3, -0.25) is 0 Å². The van der Waals surface area contributed by atoms with E-state index >= 15 is 0 Å². The molecule has 88 valence electrons. The molecule has 0 radical (unpaired) electrons. The molecule has 16 heavy (non-hydrogen) atoms. The van der Waals surface area contributed by atoms with Crippen molar-refractivity contribution in [3.63, 3.8) is 0 Å². The van der Waals surface area contributed by atoms with E-state index in [2.05, 4.69) is 26.7 Å². The van der Waals surface area contributed by atoms with Gasteiger partial charge in [0, 0.05) is 15.4 Å². The number of hydrogen-bond donors (Lipinski definition) is 1. The normalized spacial score (nSPS) is 35.2. The maximum Gasteiger partial charge on any atom is 0.0918 e. The van der Waals surface area contributed by atoms with E-state index in [1.165, 1.54) is 25.7 Å². The van der Waals surface area contributed by atoms with Gasteiger partial charge in [-0.2, -0.15) is 11.3 Å². The summed E-state index contributed by atoms with van der Waals surface area (Å²) in [4.78, 5) is 0. The van der Waals surface area contributed by atoms with Crippen molar-refractivity contribution in [1.29, 1.82) is 0 Å². The molecule has 1 aromatic heterocycles. The fraction of sp³-hybridized carbons (Fsp3) is 0.692. The molecule has 3 heteroatoms. The van der Waals surface area contributed by atoms with Gasteiger partial charge >= 0.3 is 0 Å². The molecule has 2 fully saturated rings. The largest absolute Gasteiger partial charge is 0.385 e.